The van der Waals surface area contributed by atoms with Crippen molar-refractivity contribution in [1.29, 1.82) is 0 Å². The van der Waals surface area contributed by atoms with Gasteiger partial charge in [-0.1, -0.05) is 23.8 Å². The molecule has 7 rings (SSSR count). The van der Waals surface area contributed by atoms with Crippen molar-refractivity contribution in [3.05, 3.63) is 76.2 Å². The number of rotatable bonds is 5. The molecule has 15 heteroatoms. The standard InChI is InChI=1S/C25H14Cl2N6O5S.Na/c1-11-2-5-15-12(8-11)3-7-17-20(15)33-25(35-17)36-21-16-6-4-14(28-24-30-22(26)29-23(27)31-24)9-13(16)10-18(19(21)32-33)39-38-37-34;/h2-10,34H,1H3,(H,28,29,30,31);/q;+1/p-1. The Morgan fingerprint density at radius 3 is 2.58 bits per heavy atom. The van der Waals surface area contributed by atoms with Crippen LogP contribution in [0.1, 0.15) is 5.56 Å². The van der Waals surface area contributed by atoms with Crippen molar-refractivity contribution >= 4 is 85.2 Å². The van der Waals surface area contributed by atoms with Gasteiger partial charge >= 0.3 is 35.6 Å². The van der Waals surface area contributed by atoms with Gasteiger partial charge < -0.3 is 25.2 Å². The second-order valence-electron chi connectivity index (χ2n) is 8.55. The second-order valence-corrected chi connectivity index (χ2v) is 9.97. The molecule has 1 N–H and O–H groups in total. The summed E-state index contributed by atoms with van der Waals surface area (Å²) in [5, 5.41) is 20.7. The predicted molar refractivity (Wildman–Crippen MR) is 142 cm³/mol. The largest absolute Gasteiger partial charge is 1.00 e. The van der Waals surface area contributed by atoms with E-state index in [1.807, 2.05) is 43.3 Å². The number of halogens is 2. The van der Waals surface area contributed by atoms with Gasteiger partial charge in [0.2, 0.25) is 22.1 Å². The molecule has 0 spiro atoms. The second kappa shape index (κ2) is 10.8. The third-order valence-corrected chi connectivity index (χ3v) is 7.05. The molecule has 0 unspecified atom stereocenters. The van der Waals surface area contributed by atoms with E-state index in [1.54, 1.807) is 16.8 Å². The number of hydrogen-bond donors (Lipinski definition) is 1. The van der Waals surface area contributed by atoms with E-state index in [2.05, 4.69) is 35.7 Å². The Hall–Kier alpha value is -2.91. The molecule has 4 aromatic carbocycles. The number of fused-ring (bicyclic) bond motifs is 8. The Kier molecular flexibility index (Phi) is 7.38. The quantitative estimate of drug-likeness (QED) is 0.103. The zero-order chi connectivity index (χ0) is 26.7. The molecule has 0 radical (unpaired) electrons. The first-order valence-electron chi connectivity index (χ1n) is 11.3. The van der Waals surface area contributed by atoms with Crippen LogP contribution < -0.4 is 49.5 Å². The fraction of sp³-hybridized carbons (Fsp3) is 0.0400. The monoisotopic (exact) mass is 602 g/mol. The van der Waals surface area contributed by atoms with E-state index >= 15 is 0 Å². The van der Waals surface area contributed by atoms with E-state index in [4.69, 9.17) is 37.8 Å². The third kappa shape index (κ3) is 4.81. The Morgan fingerprint density at radius 1 is 0.975 bits per heavy atom. The topological polar surface area (TPSA) is 133 Å². The number of aryl methyl sites for hydroxylation is 1. The Bertz CT molecular complexity index is 1940. The number of ether oxygens (including phenoxy) is 1. The molecule has 0 atom stereocenters. The summed E-state index contributed by atoms with van der Waals surface area (Å²) in [6, 6.07) is 17.3. The first-order chi connectivity index (χ1) is 19.0. The van der Waals surface area contributed by atoms with Crippen LogP contribution >= 0.6 is 35.2 Å². The number of nitrogens with one attached hydrogen (secondary N) is 1. The number of hydrogen-bond acceptors (Lipinski definition) is 10. The maximum Gasteiger partial charge on any atom is 1.00 e. The van der Waals surface area contributed by atoms with Crippen molar-refractivity contribution < 1.29 is 58.0 Å². The molecule has 0 saturated heterocycles. The summed E-state index contributed by atoms with van der Waals surface area (Å²) >= 11 is 12.5. The van der Waals surface area contributed by atoms with Gasteiger partial charge in [-0.25, -0.2) is 0 Å². The number of anilines is 2. The SMILES string of the molecule is Cc1ccc2c(ccc3oc4[n+](c32)[N-]c2c(SOO[O-])cc3cc(Nc5nc(Cl)nc(Cl)n5)ccc3c2O4)c1.[Na+]. The molecule has 3 heterocycles. The molecule has 40 heavy (non-hydrogen) atoms. The minimum absolute atomic E-state index is 0. The molecule has 11 nitrogen and oxygen atoms in total. The van der Waals surface area contributed by atoms with Crippen LogP contribution in [0.4, 0.5) is 17.3 Å². The van der Waals surface area contributed by atoms with Crippen LogP contribution in [-0.2, 0) is 9.37 Å². The van der Waals surface area contributed by atoms with Gasteiger partial charge in [-0.3, -0.25) is 5.04 Å². The maximum atomic E-state index is 10.7. The van der Waals surface area contributed by atoms with Gasteiger partial charge in [-0.15, -0.1) is 0 Å². The van der Waals surface area contributed by atoms with Crippen LogP contribution in [0.3, 0.4) is 0 Å². The summed E-state index contributed by atoms with van der Waals surface area (Å²) in [6.07, 6.45) is 0.187. The van der Waals surface area contributed by atoms with Crippen molar-refractivity contribution in [2.45, 2.75) is 11.8 Å². The smallest absolute Gasteiger partial charge is 0.691 e. The first kappa shape index (κ1) is 27.3. The van der Waals surface area contributed by atoms with Gasteiger partial charge in [0.05, 0.1) is 17.4 Å². The van der Waals surface area contributed by atoms with Crippen LogP contribution in [0.5, 0.6) is 11.8 Å². The minimum Gasteiger partial charge on any atom is -0.691 e. The van der Waals surface area contributed by atoms with Crippen molar-refractivity contribution in [3.8, 4) is 11.8 Å². The number of benzene rings is 4. The van der Waals surface area contributed by atoms with Crippen LogP contribution in [0, 0.1) is 6.92 Å². The summed E-state index contributed by atoms with van der Waals surface area (Å²) in [5.74, 6) is 0.591. The summed E-state index contributed by atoms with van der Waals surface area (Å²) < 4.78 is 18.6. The average molecular weight is 603 g/mol. The fourth-order valence-electron chi connectivity index (χ4n) is 4.52. The van der Waals surface area contributed by atoms with E-state index in [-0.39, 0.29) is 52.1 Å². The number of aromatic nitrogens is 4. The van der Waals surface area contributed by atoms with Crippen molar-refractivity contribution in [1.82, 2.24) is 15.0 Å². The predicted octanol–water partition coefficient (Wildman–Crippen LogP) is 3.38. The van der Waals surface area contributed by atoms with Crippen LogP contribution in [-0.4, -0.2) is 15.0 Å². The Labute approximate surface area is 261 Å². The van der Waals surface area contributed by atoms with Gasteiger partial charge in [-0.05, 0) is 83.0 Å². The molecule has 0 saturated carbocycles. The zero-order valence-electron chi connectivity index (χ0n) is 20.6. The summed E-state index contributed by atoms with van der Waals surface area (Å²) in [4.78, 5) is 12.3. The molecular formula is C25H13Cl2N6NaO5S. The summed E-state index contributed by atoms with van der Waals surface area (Å²) in [6.45, 7) is 2.04. The van der Waals surface area contributed by atoms with Gasteiger partial charge in [-0.2, -0.15) is 24.0 Å². The molecule has 194 valence electrons. The molecule has 0 bridgehead atoms. The molecule has 0 amide bonds. The van der Waals surface area contributed by atoms with E-state index in [9.17, 15) is 5.26 Å². The van der Waals surface area contributed by atoms with Gasteiger partial charge in [0.1, 0.15) is 5.75 Å². The van der Waals surface area contributed by atoms with Gasteiger partial charge in [0.15, 0.2) is 0 Å². The van der Waals surface area contributed by atoms with Crippen molar-refractivity contribution in [3.63, 3.8) is 0 Å². The van der Waals surface area contributed by atoms with Gasteiger partial charge in [0, 0.05) is 16.0 Å². The van der Waals surface area contributed by atoms with E-state index in [1.165, 1.54) is 0 Å². The van der Waals surface area contributed by atoms with Crippen molar-refractivity contribution in [2.75, 3.05) is 5.32 Å². The fourth-order valence-corrected chi connectivity index (χ4v) is 5.38. The molecule has 6 aromatic rings. The maximum absolute atomic E-state index is 10.7. The average Bonchev–Trinajstić information content (AvgIpc) is 3.27. The van der Waals surface area contributed by atoms with Gasteiger partial charge in [0.25, 0.3) is 5.52 Å². The molecule has 2 aromatic heterocycles. The molecule has 0 fully saturated rings. The van der Waals surface area contributed by atoms with Crippen LogP contribution in [0.2, 0.25) is 10.6 Å². The first-order valence-corrected chi connectivity index (χ1v) is 12.8. The van der Waals surface area contributed by atoms with Crippen LogP contribution in [0.25, 0.3) is 38.1 Å². The number of oxazole rings is 1. The minimum atomic E-state index is -0.0436. The van der Waals surface area contributed by atoms with E-state index in [0.29, 0.717) is 39.6 Å². The Balaban J connectivity index is 0.00000289. The van der Waals surface area contributed by atoms with E-state index in [0.717, 1.165) is 32.6 Å². The Morgan fingerprint density at radius 2 is 1.77 bits per heavy atom. The van der Waals surface area contributed by atoms with E-state index < -0.39 is 0 Å². The van der Waals surface area contributed by atoms with Crippen LogP contribution in [0.15, 0.2) is 63.9 Å². The third-order valence-electron chi connectivity index (χ3n) is 6.10. The summed E-state index contributed by atoms with van der Waals surface area (Å²) in [5.41, 5.74) is 8.41. The summed E-state index contributed by atoms with van der Waals surface area (Å²) in [7, 11) is 0. The molecule has 1 aliphatic rings. The normalized spacial score (nSPS) is 12.0. The van der Waals surface area contributed by atoms with Crippen molar-refractivity contribution in [2.24, 2.45) is 0 Å². The zero-order valence-corrected chi connectivity index (χ0v) is 25.0. The molecule has 1 aliphatic heterocycles. The molecule has 0 aliphatic carbocycles. The molecular weight excluding hydrogens is 590 g/mol. The number of nitrogens with zero attached hydrogens (tertiary/aromatic N) is 5.